The van der Waals surface area contributed by atoms with E-state index in [1.807, 2.05) is 0 Å². The summed E-state index contributed by atoms with van der Waals surface area (Å²) in [5.74, 6) is -3.11. The molecule has 2 heterocycles. The van der Waals surface area contributed by atoms with Crippen LogP contribution >= 0.6 is 11.3 Å². The number of carbonyl (C=O) groups is 1. The second-order valence-electron chi connectivity index (χ2n) is 10.3. The van der Waals surface area contributed by atoms with Crippen molar-refractivity contribution in [2.75, 3.05) is 0 Å². The minimum absolute atomic E-state index is 0.0193. The lowest BCUT2D eigenvalue weighted by molar-refractivity contribution is 0.0691. The van der Waals surface area contributed by atoms with Gasteiger partial charge in [-0.15, -0.1) is 11.3 Å². The van der Waals surface area contributed by atoms with E-state index in [1.54, 1.807) is 10.7 Å². The first-order chi connectivity index (χ1) is 20.5. The zero-order valence-corrected chi connectivity index (χ0v) is 23.9. The highest BCUT2D eigenvalue weighted by Gasteiger charge is 2.30. The number of carboxylic acid groups (broad SMARTS) is 1. The van der Waals surface area contributed by atoms with E-state index in [0.29, 0.717) is 45.5 Å². The molecule has 1 aliphatic rings. The Labute approximate surface area is 248 Å². The third kappa shape index (κ3) is 5.83. The van der Waals surface area contributed by atoms with Gasteiger partial charge in [-0.1, -0.05) is 24.3 Å². The van der Waals surface area contributed by atoms with Crippen molar-refractivity contribution >= 4 is 27.3 Å². The largest absolute Gasteiger partial charge is 0.476 e. The van der Waals surface area contributed by atoms with E-state index in [9.17, 15) is 27.1 Å². The van der Waals surface area contributed by atoms with Crippen LogP contribution in [0.15, 0.2) is 70.9 Å². The van der Waals surface area contributed by atoms with Crippen LogP contribution in [0, 0.1) is 23.4 Å². The van der Waals surface area contributed by atoms with E-state index in [4.69, 9.17) is 10.2 Å². The van der Waals surface area contributed by atoms with Crippen molar-refractivity contribution in [3.8, 4) is 27.5 Å². The Kier molecular flexibility index (Phi) is 7.40. The SMILES string of the molecule is NS(=O)(=O)c1ccc(Cc2c(-c3ccc(F)c(-c4ccccc4F)c3)nn(-c3nc(C(=O)O)cs3)c2CC2CC2)cc1F. The zero-order valence-electron chi connectivity index (χ0n) is 22.3. The van der Waals surface area contributed by atoms with Crippen LogP contribution in [0.4, 0.5) is 13.2 Å². The van der Waals surface area contributed by atoms with Gasteiger partial charge in [-0.2, -0.15) is 5.10 Å². The van der Waals surface area contributed by atoms with E-state index in [-0.39, 0.29) is 23.2 Å². The molecule has 1 fully saturated rings. The van der Waals surface area contributed by atoms with Gasteiger partial charge >= 0.3 is 5.97 Å². The minimum atomic E-state index is -4.28. The molecule has 13 heteroatoms. The van der Waals surface area contributed by atoms with Gasteiger partial charge in [0.05, 0.1) is 11.4 Å². The number of hydrogen-bond donors (Lipinski definition) is 2. The van der Waals surface area contributed by atoms with Crippen LogP contribution in [0.25, 0.3) is 27.5 Å². The lowest BCUT2D eigenvalue weighted by Crippen LogP contribution is -2.14. The molecule has 43 heavy (non-hydrogen) atoms. The molecule has 0 radical (unpaired) electrons. The van der Waals surface area contributed by atoms with Crippen molar-refractivity contribution in [3.05, 3.63) is 106 Å². The number of benzene rings is 3. The summed E-state index contributed by atoms with van der Waals surface area (Å²) in [6, 6.07) is 13.6. The van der Waals surface area contributed by atoms with Crippen LogP contribution in [0.3, 0.4) is 0 Å². The first kappa shape index (κ1) is 28.8. The third-order valence-electron chi connectivity index (χ3n) is 7.25. The van der Waals surface area contributed by atoms with Crippen LogP contribution in [0.1, 0.15) is 40.2 Å². The molecule has 0 saturated heterocycles. The van der Waals surface area contributed by atoms with E-state index < -0.39 is 38.3 Å². The van der Waals surface area contributed by atoms with Gasteiger partial charge in [0, 0.05) is 34.1 Å². The predicted molar refractivity (Wildman–Crippen MR) is 154 cm³/mol. The normalized spacial score (nSPS) is 13.4. The zero-order chi connectivity index (χ0) is 30.5. The molecule has 6 rings (SSSR count). The quantitative estimate of drug-likeness (QED) is 0.208. The number of rotatable bonds is 9. The molecule has 3 N–H and O–H groups in total. The van der Waals surface area contributed by atoms with Gasteiger partial charge in [0.2, 0.25) is 15.2 Å². The molecule has 5 aromatic rings. The summed E-state index contributed by atoms with van der Waals surface area (Å²) < 4.78 is 69.7. The van der Waals surface area contributed by atoms with E-state index in [0.717, 1.165) is 36.3 Å². The van der Waals surface area contributed by atoms with Crippen molar-refractivity contribution in [1.82, 2.24) is 14.8 Å². The maximum absolute atomic E-state index is 15.0. The topological polar surface area (TPSA) is 128 Å². The summed E-state index contributed by atoms with van der Waals surface area (Å²) in [5, 5.41) is 21.1. The van der Waals surface area contributed by atoms with Gasteiger partial charge in [-0.25, -0.2) is 41.2 Å². The lowest BCUT2D eigenvalue weighted by atomic mass is 9.94. The van der Waals surface area contributed by atoms with Crippen molar-refractivity contribution in [1.29, 1.82) is 0 Å². The number of carboxylic acids is 1. The fraction of sp³-hybridized carbons (Fsp3) is 0.167. The molecule has 0 aliphatic heterocycles. The van der Waals surface area contributed by atoms with Crippen LogP contribution in [0.5, 0.6) is 0 Å². The second kappa shape index (κ2) is 11.1. The maximum Gasteiger partial charge on any atom is 0.355 e. The predicted octanol–water partition coefficient (Wildman–Crippen LogP) is 5.97. The van der Waals surface area contributed by atoms with Crippen molar-refractivity contribution in [2.45, 2.75) is 30.6 Å². The molecule has 8 nitrogen and oxygen atoms in total. The Bertz CT molecular complexity index is 2000. The summed E-state index contributed by atoms with van der Waals surface area (Å²) in [6.07, 6.45) is 2.61. The number of sulfonamides is 1. The van der Waals surface area contributed by atoms with Gasteiger partial charge in [-0.05, 0) is 67.1 Å². The second-order valence-corrected chi connectivity index (χ2v) is 12.7. The van der Waals surface area contributed by atoms with Gasteiger partial charge in [-0.3, -0.25) is 0 Å². The van der Waals surface area contributed by atoms with Gasteiger partial charge in [0.1, 0.15) is 22.3 Å². The summed E-state index contributed by atoms with van der Waals surface area (Å²) in [6.45, 7) is 0. The average Bonchev–Trinajstić information content (AvgIpc) is 3.51. The molecule has 1 saturated carbocycles. The van der Waals surface area contributed by atoms with E-state index >= 15 is 4.39 Å². The number of aromatic nitrogens is 3. The number of thiazole rings is 1. The Hall–Kier alpha value is -4.33. The number of hydrogen-bond acceptors (Lipinski definition) is 6. The summed E-state index contributed by atoms with van der Waals surface area (Å²) in [4.78, 5) is 15.2. The maximum atomic E-state index is 15.0. The molecule has 2 aromatic heterocycles. The van der Waals surface area contributed by atoms with Gasteiger partial charge < -0.3 is 5.11 Å². The molecule has 220 valence electrons. The third-order valence-corrected chi connectivity index (χ3v) is 9.01. The Morgan fingerprint density at radius 1 is 1.00 bits per heavy atom. The highest BCUT2D eigenvalue weighted by molar-refractivity contribution is 7.89. The molecule has 0 unspecified atom stereocenters. The summed E-state index contributed by atoms with van der Waals surface area (Å²) in [7, 11) is -4.28. The molecular formula is C30H23F3N4O4S2. The van der Waals surface area contributed by atoms with E-state index in [2.05, 4.69) is 4.98 Å². The first-order valence-corrected chi connectivity index (χ1v) is 15.6. The number of halogens is 3. The molecule has 0 bridgehead atoms. The molecule has 0 amide bonds. The average molecular weight is 625 g/mol. The molecular weight excluding hydrogens is 601 g/mol. The van der Waals surface area contributed by atoms with Crippen LogP contribution in [-0.4, -0.2) is 34.3 Å². The van der Waals surface area contributed by atoms with Crippen LogP contribution < -0.4 is 5.14 Å². The fourth-order valence-corrected chi connectivity index (χ4v) is 6.33. The Balaban J connectivity index is 1.55. The smallest absolute Gasteiger partial charge is 0.355 e. The van der Waals surface area contributed by atoms with E-state index in [1.165, 1.54) is 47.8 Å². The summed E-state index contributed by atoms with van der Waals surface area (Å²) >= 11 is 1.09. The fourth-order valence-electron chi connectivity index (χ4n) is 4.97. The lowest BCUT2D eigenvalue weighted by Gasteiger charge is -2.11. The minimum Gasteiger partial charge on any atom is -0.476 e. The number of primary sulfonamides is 1. The Morgan fingerprint density at radius 2 is 1.74 bits per heavy atom. The van der Waals surface area contributed by atoms with Crippen molar-refractivity contribution in [2.24, 2.45) is 11.1 Å². The first-order valence-electron chi connectivity index (χ1n) is 13.2. The van der Waals surface area contributed by atoms with Crippen molar-refractivity contribution in [3.63, 3.8) is 0 Å². The van der Waals surface area contributed by atoms with Crippen LogP contribution in [0.2, 0.25) is 0 Å². The monoisotopic (exact) mass is 624 g/mol. The molecule has 3 aromatic carbocycles. The van der Waals surface area contributed by atoms with Gasteiger partial charge in [0.15, 0.2) is 5.69 Å². The summed E-state index contributed by atoms with van der Waals surface area (Å²) in [5.41, 5.74) is 2.52. The number of nitrogens with two attached hydrogens (primary N) is 1. The standard InChI is InChI=1S/C30H23F3N4O4S2/c31-22-4-2-1-3-19(22)20-14-18(8-9-23(20)32)28-21(11-17-7-10-27(24(33)12-17)43(34,40)41)26(13-16-5-6-16)37(36-28)30-35-25(15-42-30)29(38)39/h1-4,7-10,12,14-16H,5-6,11,13H2,(H,38,39)(H2,34,40,41). The van der Waals surface area contributed by atoms with Crippen LogP contribution in [-0.2, 0) is 22.9 Å². The molecule has 1 aliphatic carbocycles. The van der Waals surface area contributed by atoms with Gasteiger partial charge in [0.25, 0.3) is 0 Å². The molecule has 0 spiro atoms. The number of aromatic carboxylic acids is 1. The molecule has 0 atom stereocenters. The Morgan fingerprint density at radius 3 is 2.40 bits per heavy atom. The number of nitrogens with zero attached hydrogens (tertiary/aromatic N) is 3. The van der Waals surface area contributed by atoms with Crippen molar-refractivity contribution < 1.29 is 31.5 Å². The highest BCUT2D eigenvalue weighted by atomic mass is 32.2. The highest BCUT2D eigenvalue weighted by Crippen LogP contribution is 2.39.